The van der Waals surface area contributed by atoms with Crippen molar-refractivity contribution in [1.82, 2.24) is 5.32 Å². The quantitative estimate of drug-likeness (QED) is 0.354. The Bertz CT molecular complexity index is 382. The van der Waals surface area contributed by atoms with Gasteiger partial charge in [0.1, 0.15) is 11.6 Å². The first-order valence-corrected chi connectivity index (χ1v) is 4.67. The minimum absolute atomic E-state index is 0.141. The maximum Gasteiger partial charge on any atom is 0.182 e. The van der Waals surface area contributed by atoms with Crippen molar-refractivity contribution in [2.45, 2.75) is 19.9 Å². The number of amidine groups is 1. The van der Waals surface area contributed by atoms with Gasteiger partial charge in [-0.3, -0.25) is 10.3 Å². The lowest BCUT2D eigenvalue weighted by atomic mass is 10.3. The van der Waals surface area contributed by atoms with Crippen molar-refractivity contribution in [1.29, 1.82) is 5.26 Å². The molecular weight excluding hydrogens is 190 g/mol. The fourth-order valence-electron chi connectivity index (χ4n) is 1.000. The van der Waals surface area contributed by atoms with Crippen LogP contribution in [-0.2, 0) is 0 Å². The number of aliphatic imine (C=N–C) groups is 1. The molecule has 1 aromatic heterocycles. The number of nitrogens with one attached hydrogen (secondary N) is 1. The fourth-order valence-corrected chi connectivity index (χ4v) is 1.000. The highest BCUT2D eigenvalue weighted by molar-refractivity contribution is 5.97. The van der Waals surface area contributed by atoms with Gasteiger partial charge in [0, 0.05) is 6.04 Å². The molecule has 0 amide bonds. The number of rotatable bonds is 3. The molecule has 0 aromatic carbocycles. The van der Waals surface area contributed by atoms with E-state index >= 15 is 0 Å². The lowest BCUT2D eigenvalue weighted by Crippen LogP contribution is -2.16. The molecule has 0 spiro atoms. The van der Waals surface area contributed by atoms with Crippen LogP contribution in [-0.4, -0.2) is 11.9 Å². The summed E-state index contributed by atoms with van der Waals surface area (Å²) in [5.41, 5.74) is 0. The largest absolute Gasteiger partial charge is 0.465 e. The summed E-state index contributed by atoms with van der Waals surface area (Å²) in [7, 11) is 0. The first kappa shape index (κ1) is 11.1. The van der Waals surface area contributed by atoms with Crippen molar-refractivity contribution in [2.24, 2.45) is 4.99 Å². The summed E-state index contributed by atoms with van der Waals surface area (Å²) in [6.07, 6.45) is 6.90. The topological polar surface area (TPSA) is 61.3 Å². The van der Waals surface area contributed by atoms with Crippen molar-refractivity contribution in [3.63, 3.8) is 0 Å². The molecule has 0 atom stereocenters. The third-order valence-corrected chi connectivity index (χ3v) is 1.53. The Morgan fingerprint density at radius 1 is 1.67 bits per heavy atom. The zero-order valence-electron chi connectivity index (χ0n) is 8.77. The molecule has 15 heavy (non-hydrogen) atoms. The van der Waals surface area contributed by atoms with E-state index in [-0.39, 0.29) is 6.04 Å². The molecule has 0 unspecified atom stereocenters. The van der Waals surface area contributed by atoms with E-state index in [9.17, 15) is 0 Å². The van der Waals surface area contributed by atoms with Gasteiger partial charge in [-0.25, -0.2) is 0 Å². The van der Waals surface area contributed by atoms with Crippen LogP contribution in [0.3, 0.4) is 0 Å². The average molecular weight is 203 g/mol. The molecule has 1 aromatic rings. The van der Waals surface area contributed by atoms with Crippen molar-refractivity contribution in [3.8, 4) is 6.19 Å². The van der Waals surface area contributed by atoms with E-state index in [1.807, 2.05) is 26.1 Å². The van der Waals surface area contributed by atoms with Crippen LogP contribution in [0, 0.1) is 11.5 Å². The van der Waals surface area contributed by atoms with E-state index in [2.05, 4.69) is 10.3 Å². The van der Waals surface area contributed by atoms with E-state index < -0.39 is 0 Å². The summed E-state index contributed by atoms with van der Waals surface area (Å²) in [5, 5.41) is 11.0. The van der Waals surface area contributed by atoms with Gasteiger partial charge in [0.05, 0.1) is 6.26 Å². The Morgan fingerprint density at radius 3 is 3.00 bits per heavy atom. The van der Waals surface area contributed by atoms with Crippen LogP contribution in [0.5, 0.6) is 0 Å². The SMILES string of the molecule is CC(C)N=C(/C=C/c1ccco1)NC#N. The van der Waals surface area contributed by atoms with Crippen molar-refractivity contribution < 1.29 is 4.42 Å². The van der Waals surface area contributed by atoms with Gasteiger partial charge in [0.25, 0.3) is 0 Å². The number of hydrogen-bond acceptors (Lipinski definition) is 3. The van der Waals surface area contributed by atoms with Gasteiger partial charge < -0.3 is 4.42 Å². The Kier molecular flexibility index (Phi) is 4.17. The second kappa shape index (κ2) is 5.66. The van der Waals surface area contributed by atoms with Crippen LogP contribution in [0.2, 0.25) is 0 Å². The van der Waals surface area contributed by atoms with E-state index in [1.165, 1.54) is 0 Å². The van der Waals surface area contributed by atoms with Crippen LogP contribution in [0.15, 0.2) is 33.9 Å². The van der Waals surface area contributed by atoms with Gasteiger partial charge in [-0.15, -0.1) is 0 Å². The summed E-state index contributed by atoms with van der Waals surface area (Å²) >= 11 is 0. The third kappa shape index (κ3) is 4.14. The van der Waals surface area contributed by atoms with Crippen LogP contribution in [0.4, 0.5) is 0 Å². The fraction of sp³-hybridized carbons (Fsp3) is 0.273. The molecule has 4 nitrogen and oxygen atoms in total. The molecule has 1 heterocycles. The second-order valence-electron chi connectivity index (χ2n) is 3.19. The Morgan fingerprint density at radius 2 is 2.47 bits per heavy atom. The van der Waals surface area contributed by atoms with Gasteiger partial charge in [0.15, 0.2) is 6.19 Å². The first-order valence-electron chi connectivity index (χ1n) is 4.67. The lowest BCUT2D eigenvalue weighted by Gasteiger charge is -2.00. The summed E-state index contributed by atoms with van der Waals surface area (Å²) in [6.45, 7) is 3.89. The molecule has 78 valence electrons. The molecule has 0 aliphatic heterocycles. The molecule has 0 fully saturated rings. The highest BCUT2D eigenvalue weighted by Gasteiger charge is 1.95. The van der Waals surface area contributed by atoms with Gasteiger partial charge in [-0.2, -0.15) is 5.26 Å². The Balaban J connectivity index is 2.71. The van der Waals surface area contributed by atoms with Crippen LogP contribution < -0.4 is 5.32 Å². The van der Waals surface area contributed by atoms with Gasteiger partial charge >= 0.3 is 0 Å². The molecule has 0 aliphatic carbocycles. The average Bonchev–Trinajstić information content (AvgIpc) is 2.66. The second-order valence-corrected chi connectivity index (χ2v) is 3.19. The molecule has 1 rings (SSSR count). The van der Waals surface area contributed by atoms with E-state index in [4.69, 9.17) is 9.68 Å². The monoisotopic (exact) mass is 203 g/mol. The van der Waals surface area contributed by atoms with E-state index in [1.54, 1.807) is 24.5 Å². The van der Waals surface area contributed by atoms with E-state index in [0.29, 0.717) is 5.84 Å². The van der Waals surface area contributed by atoms with E-state index in [0.717, 1.165) is 5.76 Å². The number of nitrogens with zero attached hydrogens (tertiary/aromatic N) is 2. The summed E-state index contributed by atoms with van der Waals surface area (Å²) in [6, 6.07) is 3.77. The maximum absolute atomic E-state index is 8.51. The lowest BCUT2D eigenvalue weighted by molar-refractivity contribution is 0.557. The summed E-state index contributed by atoms with van der Waals surface area (Å²) < 4.78 is 5.11. The van der Waals surface area contributed by atoms with Crippen molar-refractivity contribution in [3.05, 3.63) is 30.2 Å². The van der Waals surface area contributed by atoms with Crippen LogP contribution in [0.1, 0.15) is 19.6 Å². The summed E-state index contributed by atoms with van der Waals surface area (Å²) in [5.74, 6) is 1.26. The van der Waals surface area contributed by atoms with Crippen LogP contribution in [0.25, 0.3) is 6.08 Å². The number of furan rings is 1. The number of nitriles is 1. The normalized spacial score (nSPS) is 12.0. The Hall–Kier alpha value is -2.02. The standard InChI is InChI=1S/C11H13N3O/c1-9(2)14-11(13-8-12)6-5-10-4-3-7-15-10/h3-7,9H,1-2H3,(H,13,14)/b6-5+. The minimum atomic E-state index is 0.141. The van der Waals surface area contributed by atoms with Gasteiger partial charge in [0.2, 0.25) is 0 Å². The highest BCUT2D eigenvalue weighted by atomic mass is 16.3. The molecule has 1 N–H and O–H groups in total. The molecule has 0 bridgehead atoms. The van der Waals surface area contributed by atoms with Gasteiger partial charge in [-0.1, -0.05) is 0 Å². The molecule has 0 saturated heterocycles. The predicted octanol–water partition coefficient (Wildman–Crippen LogP) is 2.17. The van der Waals surface area contributed by atoms with Crippen molar-refractivity contribution in [2.75, 3.05) is 0 Å². The van der Waals surface area contributed by atoms with Crippen molar-refractivity contribution >= 4 is 11.9 Å². The Labute approximate surface area is 88.9 Å². The van der Waals surface area contributed by atoms with Gasteiger partial charge in [-0.05, 0) is 38.1 Å². The molecule has 0 aliphatic rings. The molecule has 4 heteroatoms. The number of hydrogen-bond donors (Lipinski definition) is 1. The highest BCUT2D eigenvalue weighted by Crippen LogP contribution is 2.02. The summed E-state index contributed by atoms with van der Waals surface area (Å²) in [4.78, 5) is 4.22. The smallest absolute Gasteiger partial charge is 0.182 e. The predicted molar refractivity (Wildman–Crippen MR) is 59.1 cm³/mol. The maximum atomic E-state index is 8.51. The molecular formula is C11H13N3O. The molecule has 0 saturated carbocycles. The van der Waals surface area contributed by atoms with Crippen LogP contribution >= 0.6 is 0 Å². The zero-order valence-corrected chi connectivity index (χ0v) is 8.77. The molecule has 0 radical (unpaired) electrons. The third-order valence-electron chi connectivity index (χ3n) is 1.53. The minimum Gasteiger partial charge on any atom is -0.465 e. The first-order chi connectivity index (χ1) is 7.22. The zero-order chi connectivity index (χ0) is 11.1.